The number of ether oxygens (including phenoxy) is 1. The van der Waals surface area contributed by atoms with Crippen molar-refractivity contribution in [3.05, 3.63) is 48.0 Å². The Bertz CT molecular complexity index is 885. The van der Waals surface area contributed by atoms with E-state index >= 15 is 0 Å². The maximum atomic E-state index is 12.7. The number of benzene rings is 2. The molecule has 0 atom stereocenters. The molecule has 2 rings (SSSR count). The molecule has 0 bridgehead atoms. The molecular formula is C25H35NaO5S. The van der Waals surface area contributed by atoms with Gasteiger partial charge in [0.05, 0.1) is 4.90 Å². The van der Waals surface area contributed by atoms with Crippen molar-refractivity contribution in [1.29, 1.82) is 0 Å². The van der Waals surface area contributed by atoms with Crippen LogP contribution in [0.3, 0.4) is 0 Å². The summed E-state index contributed by atoms with van der Waals surface area (Å²) in [5.74, 6) is -0.479. The molecule has 0 amide bonds. The van der Waals surface area contributed by atoms with E-state index in [0.717, 1.165) is 19.3 Å². The van der Waals surface area contributed by atoms with Crippen molar-refractivity contribution < 1.29 is 52.4 Å². The summed E-state index contributed by atoms with van der Waals surface area (Å²) in [6.45, 7) is 2.23. The summed E-state index contributed by atoms with van der Waals surface area (Å²) in [6, 6.07) is 11.7. The number of unbranched alkanes of at least 4 members (excludes halogenated alkanes) is 10. The van der Waals surface area contributed by atoms with Crippen molar-refractivity contribution in [1.82, 2.24) is 0 Å². The molecule has 0 aromatic heterocycles. The molecule has 172 valence electrons. The zero-order valence-corrected chi connectivity index (χ0v) is 22.3. The molecule has 0 saturated carbocycles. The van der Waals surface area contributed by atoms with E-state index in [9.17, 15) is 18.1 Å². The van der Waals surface area contributed by atoms with Crippen molar-refractivity contribution in [2.75, 3.05) is 0 Å². The van der Waals surface area contributed by atoms with E-state index in [1.165, 1.54) is 57.4 Å². The molecule has 1 N–H and O–H groups in total. The second-order valence-corrected chi connectivity index (χ2v) is 9.42. The largest absolute Gasteiger partial charge is 1.00 e. The van der Waals surface area contributed by atoms with Crippen LogP contribution in [-0.4, -0.2) is 13.0 Å². The van der Waals surface area contributed by atoms with Crippen LogP contribution in [0.25, 0.3) is 0 Å². The number of hydrogen-bond donors (Lipinski definition) is 1. The third kappa shape index (κ3) is 10.3. The van der Waals surface area contributed by atoms with Crippen LogP contribution in [0.2, 0.25) is 0 Å². The summed E-state index contributed by atoms with van der Waals surface area (Å²) in [7, 11) is -4.64. The topological polar surface area (TPSA) is 86.7 Å². The first-order valence-electron chi connectivity index (χ1n) is 11.5. The van der Waals surface area contributed by atoms with Gasteiger partial charge in [0, 0.05) is 0 Å². The average Bonchev–Trinajstić information content (AvgIpc) is 2.73. The molecule has 0 radical (unpaired) electrons. The van der Waals surface area contributed by atoms with Crippen LogP contribution in [0.15, 0.2) is 47.4 Å². The molecule has 2 aromatic rings. The third-order valence-corrected chi connectivity index (χ3v) is 6.40. The molecule has 0 heterocycles. The summed E-state index contributed by atoms with van der Waals surface area (Å²) in [5, 5.41) is 12.7. The smallest absolute Gasteiger partial charge is 0.869 e. The van der Waals surface area contributed by atoms with Crippen LogP contribution in [0.4, 0.5) is 0 Å². The van der Waals surface area contributed by atoms with Gasteiger partial charge >= 0.3 is 29.6 Å². The Kier molecular flexibility index (Phi) is 14.2. The van der Waals surface area contributed by atoms with Gasteiger partial charge in [0.15, 0.2) is 0 Å². The Hall–Kier alpha value is -1.05. The molecule has 0 aliphatic rings. The van der Waals surface area contributed by atoms with E-state index in [1.54, 1.807) is 30.3 Å². The fourth-order valence-corrected chi connectivity index (χ4v) is 4.58. The zero-order valence-electron chi connectivity index (χ0n) is 19.5. The Morgan fingerprint density at radius 3 is 1.88 bits per heavy atom. The van der Waals surface area contributed by atoms with Crippen molar-refractivity contribution in [3.8, 4) is 17.2 Å². The molecule has 5 nitrogen and oxygen atoms in total. The van der Waals surface area contributed by atoms with Crippen LogP contribution in [0.1, 0.15) is 83.1 Å². The molecule has 7 heteroatoms. The van der Waals surface area contributed by atoms with E-state index in [0.29, 0.717) is 17.7 Å². The minimum absolute atomic E-state index is 0. The van der Waals surface area contributed by atoms with Gasteiger partial charge in [0.25, 0.3) is 10.1 Å². The average molecular weight is 471 g/mol. The summed E-state index contributed by atoms with van der Waals surface area (Å²) in [4.78, 5) is -0.562. The molecule has 0 aliphatic carbocycles. The van der Waals surface area contributed by atoms with E-state index in [2.05, 4.69) is 6.92 Å². The van der Waals surface area contributed by atoms with E-state index in [4.69, 9.17) is 4.74 Å². The van der Waals surface area contributed by atoms with Crippen LogP contribution in [-0.2, 0) is 16.5 Å². The van der Waals surface area contributed by atoms with Crippen LogP contribution in [0, 0.1) is 0 Å². The van der Waals surface area contributed by atoms with E-state index in [-0.39, 0.29) is 35.3 Å². The Morgan fingerprint density at radius 1 is 0.812 bits per heavy atom. The fraction of sp³-hybridized carbons (Fsp3) is 0.520. The van der Waals surface area contributed by atoms with Crippen LogP contribution < -0.4 is 39.4 Å². The maximum Gasteiger partial charge on any atom is 1.00 e. The minimum atomic E-state index is -4.64. The van der Waals surface area contributed by atoms with E-state index in [1.807, 2.05) is 6.07 Å². The monoisotopic (exact) mass is 470 g/mol. The summed E-state index contributed by atoms with van der Waals surface area (Å²) in [6.07, 6.45) is 13.5. The summed E-state index contributed by atoms with van der Waals surface area (Å²) < 4.78 is 38.9. The predicted molar refractivity (Wildman–Crippen MR) is 122 cm³/mol. The zero-order chi connectivity index (χ0) is 22.5. The Morgan fingerprint density at radius 2 is 1.34 bits per heavy atom. The molecular weight excluding hydrogens is 435 g/mol. The number of para-hydroxylation sites is 1. The second-order valence-electron chi connectivity index (χ2n) is 8.06. The van der Waals surface area contributed by atoms with Crippen LogP contribution in [0.5, 0.6) is 17.2 Å². The van der Waals surface area contributed by atoms with Gasteiger partial charge in [0.1, 0.15) is 11.5 Å². The van der Waals surface area contributed by atoms with Gasteiger partial charge in [-0.25, -0.2) is 0 Å². The molecule has 0 unspecified atom stereocenters. The molecule has 0 fully saturated rings. The summed E-state index contributed by atoms with van der Waals surface area (Å²) >= 11 is 0. The van der Waals surface area contributed by atoms with Crippen molar-refractivity contribution in [2.45, 2.75) is 88.9 Å². The predicted octanol–water partition coefficient (Wildman–Crippen LogP) is 3.66. The third-order valence-electron chi connectivity index (χ3n) is 5.44. The molecule has 0 aliphatic heterocycles. The first kappa shape index (κ1) is 29.0. The quantitative estimate of drug-likeness (QED) is 0.244. The van der Waals surface area contributed by atoms with E-state index < -0.39 is 20.8 Å². The van der Waals surface area contributed by atoms with Gasteiger partial charge < -0.3 is 9.84 Å². The number of aryl methyl sites for hydroxylation is 1. The Balaban J connectivity index is 0.00000512. The van der Waals surface area contributed by atoms with Gasteiger partial charge in [0.2, 0.25) is 0 Å². The van der Waals surface area contributed by atoms with Gasteiger partial charge in [-0.3, -0.25) is 4.55 Å². The summed E-state index contributed by atoms with van der Waals surface area (Å²) in [5.41, 5.74) is 0.351. The van der Waals surface area contributed by atoms with Crippen LogP contribution >= 0.6 is 0 Å². The van der Waals surface area contributed by atoms with Crippen molar-refractivity contribution in [2.24, 2.45) is 0 Å². The van der Waals surface area contributed by atoms with Gasteiger partial charge in [-0.05, 0) is 42.4 Å². The standard InChI is InChI=1S/C25H36O5S.Na/c1-2-3-4-5-6-7-8-9-10-11-13-16-21-19-20-23(24(26)25(21)31(27,28)29)30-22-17-14-12-15-18-22;/h12,14-15,17-20,26H,2-11,13,16H2,1H3,(H,27,28,29);/q;+1/p-1. The molecule has 0 spiro atoms. The van der Waals surface area contributed by atoms with Gasteiger partial charge in [-0.2, -0.15) is 8.42 Å². The number of rotatable bonds is 15. The molecule has 2 aromatic carbocycles. The van der Waals surface area contributed by atoms with Gasteiger partial charge in [-0.15, -0.1) is 0 Å². The maximum absolute atomic E-state index is 12.7. The Labute approximate surface area is 215 Å². The number of hydrogen-bond acceptors (Lipinski definition) is 4. The molecule has 0 saturated heterocycles. The minimum Gasteiger partial charge on any atom is -0.869 e. The first-order valence-corrected chi connectivity index (χ1v) is 12.9. The first-order chi connectivity index (χ1) is 14.9. The van der Waals surface area contributed by atoms with Crippen molar-refractivity contribution in [3.63, 3.8) is 0 Å². The second kappa shape index (κ2) is 15.7. The fourth-order valence-electron chi connectivity index (χ4n) is 3.74. The van der Waals surface area contributed by atoms with Gasteiger partial charge in [-0.1, -0.05) is 95.4 Å². The SMILES string of the molecule is CCCCCCCCCCCCCc1ccc(Oc2ccccc2)c([O-])c1S(=O)(=O)O.[Na+]. The normalized spacial score (nSPS) is 11.2. The van der Waals surface area contributed by atoms with Crippen molar-refractivity contribution >= 4 is 10.1 Å². The molecule has 32 heavy (non-hydrogen) atoms.